The average molecular weight is 237 g/mol. The van der Waals surface area contributed by atoms with Gasteiger partial charge in [0.15, 0.2) is 6.61 Å². The highest BCUT2D eigenvalue weighted by Gasteiger charge is 1.99. The van der Waals surface area contributed by atoms with Crippen LogP contribution < -0.4 is 10.1 Å². The van der Waals surface area contributed by atoms with Crippen molar-refractivity contribution < 1.29 is 14.6 Å². The third kappa shape index (κ3) is 5.92. The zero-order chi connectivity index (χ0) is 12.7. The molecule has 0 heterocycles. The number of aliphatic carboxylic acids is 1. The van der Waals surface area contributed by atoms with Crippen LogP contribution in [0.25, 0.3) is 0 Å². The van der Waals surface area contributed by atoms with E-state index in [2.05, 4.69) is 19.2 Å². The average Bonchev–Trinajstić information content (AvgIpc) is 2.27. The molecular formula is C13H19NO3. The van der Waals surface area contributed by atoms with Crippen LogP contribution in [0.2, 0.25) is 0 Å². The molecule has 1 aromatic rings. The normalized spacial score (nSPS) is 10.5. The molecule has 2 N–H and O–H groups in total. The van der Waals surface area contributed by atoms with Crippen molar-refractivity contribution in [1.82, 2.24) is 5.32 Å². The number of hydrogen-bond donors (Lipinski definition) is 2. The van der Waals surface area contributed by atoms with Crippen molar-refractivity contribution in [2.24, 2.45) is 5.92 Å². The molecule has 4 nitrogen and oxygen atoms in total. The maximum atomic E-state index is 10.3. The lowest BCUT2D eigenvalue weighted by molar-refractivity contribution is -0.139. The maximum absolute atomic E-state index is 10.3. The smallest absolute Gasteiger partial charge is 0.341 e. The predicted octanol–water partition coefficient (Wildman–Crippen LogP) is 1.90. The van der Waals surface area contributed by atoms with E-state index < -0.39 is 5.97 Å². The summed E-state index contributed by atoms with van der Waals surface area (Å²) in [7, 11) is 0. The van der Waals surface area contributed by atoms with E-state index >= 15 is 0 Å². The molecule has 0 aromatic heterocycles. The highest BCUT2D eigenvalue weighted by Crippen LogP contribution is 2.11. The lowest BCUT2D eigenvalue weighted by atomic mass is 10.2. The summed E-state index contributed by atoms with van der Waals surface area (Å²) in [6.07, 6.45) is 0. The fourth-order valence-corrected chi connectivity index (χ4v) is 1.35. The Morgan fingerprint density at radius 1 is 1.35 bits per heavy atom. The third-order valence-corrected chi connectivity index (χ3v) is 2.17. The van der Waals surface area contributed by atoms with Gasteiger partial charge in [-0.15, -0.1) is 0 Å². The molecule has 1 rings (SSSR count). The molecule has 0 saturated carbocycles. The van der Waals surface area contributed by atoms with Crippen LogP contribution in [0.4, 0.5) is 0 Å². The molecule has 1 aromatic carbocycles. The van der Waals surface area contributed by atoms with Gasteiger partial charge in [-0.25, -0.2) is 4.79 Å². The van der Waals surface area contributed by atoms with Crippen LogP contribution in [-0.2, 0) is 11.3 Å². The molecule has 0 spiro atoms. The monoisotopic (exact) mass is 237 g/mol. The van der Waals surface area contributed by atoms with E-state index in [0.717, 1.165) is 18.7 Å². The third-order valence-electron chi connectivity index (χ3n) is 2.17. The van der Waals surface area contributed by atoms with Crippen LogP contribution in [0.15, 0.2) is 24.3 Å². The van der Waals surface area contributed by atoms with Gasteiger partial charge < -0.3 is 15.2 Å². The summed E-state index contributed by atoms with van der Waals surface area (Å²) >= 11 is 0. The van der Waals surface area contributed by atoms with Crippen molar-refractivity contribution in [2.45, 2.75) is 20.4 Å². The molecule has 0 aliphatic carbocycles. The zero-order valence-corrected chi connectivity index (χ0v) is 10.3. The van der Waals surface area contributed by atoms with E-state index in [0.29, 0.717) is 11.7 Å². The SMILES string of the molecule is CC(C)CNCc1ccc(OCC(=O)O)cc1. The molecular weight excluding hydrogens is 218 g/mol. The number of carboxylic acid groups (broad SMARTS) is 1. The number of carboxylic acids is 1. The molecule has 4 heteroatoms. The van der Waals surface area contributed by atoms with Crippen LogP contribution in [0, 0.1) is 5.92 Å². The Kier molecular flexibility index (Phi) is 5.49. The Labute approximate surface area is 102 Å². The number of nitrogens with one attached hydrogen (secondary N) is 1. The van der Waals surface area contributed by atoms with Gasteiger partial charge >= 0.3 is 5.97 Å². The van der Waals surface area contributed by atoms with Crippen LogP contribution >= 0.6 is 0 Å². The first kappa shape index (κ1) is 13.5. The zero-order valence-electron chi connectivity index (χ0n) is 10.3. The van der Waals surface area contributed by atoms with Gasteiger partial charge in [-0.3, -0.25) is 0 Å². The van der Waals surface area contributed by atoms with Gasteiger partial charge in [0.2, 0.25) is 0 Å². The van der Waals surface area contributed by atoms with E-state index in [1.54, 1.807) is 12.1 Å². The van der Waals surface area contributed by atoms with Gasteiger partial charge in [0.1, 0.15) is 5.75 Å². The van der Waals surface area contributed by atoms with Crippen molar-refractivity contribution >= 4 is 5.97 Å². The quantitative estimate of drug-likeness (QED) is 0.760. The standard InChI is InChI=1S/C13H19NO3/c1-10(2)7-14-8-11-3-5-12(6-4-11)17-9-13(15)16/h3-6,10,14H,7-9H2,1-2H3,(H,15,16). The van der Waals surface area contributed by atoms with Crippen molar-refractivity contribution in [3.05, 3.63) is 29.8 Å². The van der Waals surface area contributed by atoms with E-state index in [1.165, 1.54) is 0 Å². The van der Waals surface area contributed by atoms with E-state index in [1.807, 2.05) is 12.1 Å². The van der Waals surface area contributed by atoms with Crippen molar-refractivity contribution in [1.29, 1.82) is 0 Å². The summed E-state index contributed by atoms with van der Waals surface area (Å²) < 4.78 is 5.05. The topological polar surface area (TPSA) is 58.6 Å². The molecule has 0 aliphatic heterocycles. The van der Waals surface area contributed by atoms with Crippen LogP contribution in [-0.4, -0.2) is 24.2 Å². The van der Waals surface area contributed by atoms with Gasteiger partial charge in [0.05, 0.1) is 0 Å². The second kappa shape index (κ2) is 6.91. The fourth-order valence-electron chi connectivity index (χ4n) is 1.35. The van der Waals surface area contributed by atoms with Gasteiger partial charge in [0, 0.05) is 6.54 Å². The first-order valence-corrected chi connectivity index (χ1v) is 5.72. The summed E-state index contributed by atoms with van der Waals surface area (Å²) in [6.45, 7) is 5.82. The summed E-state index contributed by atoms with van der Waals surface area (Å²) in [5.74, 6) is 0.251. The Morgan fingerprint density at radius 2 is 2.00 bits per heavy atom. The molecule has 0 unspecified atom stereocenters. The summed E-state index contributed by atoms with van der Waals surface area (Å²) in [6, 6.07) is 7.44. The Balaban J connectivity index is 2.36. The fraction of sp³-hybridized carbons (Fsp3) is 0.462. The largest absolute Gasteiger partial charge is 0.482 e. The molecule has 0 fully saturated rings. The second-order valence-corrected chi connectivity index (χ2v) is 4.35. The molecule has 0 aliphatic rings. The summed E-state index contributed by atoms with van der Waals surface area (Å²) in [4.78, 5) is 10.3. The van der Waals surface area contributed by atoms with Crippen molar-refractivity contribution in [3.63, 3.8) is 0 Å². The molecule has 0 amide bonds. The van der Waals surface area contributed by atoms with E-state index in [-0.39, 0.29) is 6.61 Å². The minimum atomic E-state index is -0.965. The maximum Gasteiger partial charge on any atom is 0.341 e. The minimum absolute atomic E-state index is 0.301. The first-order valence-electron chi connectivity index (χ1n) is 5.72. The number of carbonyl (C=O) groups is 1. The number of rotatable bonds is 7. The lowest BCUT2D eigenvalue weighted by Crippen LogP contribution is -2.18. The molecule has 0 atom stereocenters. The van der Waals surface area contributed by atoms with Gasteiger partial charge in [-0.05, 0) is 30.2 Å². The van der Waals surface area contributed by atoms with E-state index in [9.17, 15) is 4.79 Å². The Bertz CT molecular complexity index is 346. The van der Waals surface area contributed by atoms with Crippen LogP contribution in [0.5, 0.6) is 5.75 Å². The second-order valence-electron chi connectivity index (χ2n) is 4.35. The number of hydrogen-bond acceptors (Lipinski definition) is 3. The predicted molar refractivity (Wildman–Crippen MR) is 66.1 cm³/mol. The van der Waals surface area contributed by atoms with Gasteiger partial charge in [0.25, 0.3) is 0 Å². The van der Waals surface area contributed by atoms with Crippen molar-refractivity contribution in [3.8, 4) is 5.75 Å². The lowest BCUT2D eigenvalue weighted by Gasteiger charge is -2.08. The van der Waals surface area contributed by atoms with Gasteiger partial charge in [-0.2, -0.15) is 0 Å². The summed E-state index contributed by atoms with van der Waals surface area (Å²) in [5, 5.41) is 11.8. The van der Waals surface area contributed by atoms with Crippen LogP contribution in [0.3, 0.4) is 0 Å². The number of ether oxygens (including phenoxy) is 1. The van der Waals surface area contributed by atoms with Crippen LogP contribution in [0.1, 0.15) is 19.4 Å². The van der Waals surface area contributed by atoms with Gasteiger partial charge in [-0.1, -0.05) is 26.0 Å². The summed E-state index contributed by atoms with van der Waals surface area (Å²) in [5.41, 5.74) is 1.16. The highest BCUT2D eigenvalue weighted by molar-refractivity contribution is 5.68. The Hall–Kier alpha value is -1.55. The first-order chi connectivity index (χ1) is 8.08. The molecule has 0 bridgehead atoms. The van der Waals surface area contributed by atoms with E-state index in [4.69, 9.17) is 9.84 Å². The molecule has 0 saturated heterocycles. The molecule has 17 heavy (non-hydrogen) atoms. The molecule has 94 valence electrons. The number of benzene rings is 1. The highest BCUT2D eigenvalue weighted by atomic mass is 16.5. The minimum Gasteiger partial charge on any atom is -0.482 e. The van der Waals surface area contributed by atoms with Crippen molar-refractivity contribution in [2.75, 3.05) is 13.2 Å². The Morgan fingerprint density at radius 3 is 2.53 bits per heavy atom. The molecule has 0 radical (unpaired) electrons.